The van der Waals surface area contributed by atoms with Crippen molar-refractivity contribution in [1.29, 1.82) is 0 Å². The second kappa shape index (κ2) is 7.86. The van der Waals surface area contributed by atoms with Crippen LogP contribution in [0.15, 0.2) is 54.7 Å². The predicted octanol–water partition coefficient (Wildman–Crippen LogP) is 3.47. The van der Waals surface area contributed by atoms with E-state index in [1.54, 1.807) is 37.3 Å². The Hall–Kier alpha value is -3.12. The molecule has 0 N–H and O–H groups in total. The summed E-state index contributed by atoms with van der Waals surface area (Å²) in [6.07, 6.45) is 1.59. The van der Waals surface area contributed by atoms with Crippen molar-refractivity contribution in [3.8, 4) is 11.5 Å². The average molecular weight is 378 g/mol. The van der Waals surface area contributed by atoms with Gasteiger partial charge in [0.1, 0.15) is 17.6 Å². The summed E-state index contributed by atoms with van der Waals surface area (Å²) in [5, 5.41) is 2.19. The van der Waals surface area contributed by atoms with Crippen LogP contribution in [0, 0.1) is 0 Å². The molecule has 1 saturated heterocycles. The second-order valence-electron chi connectivity index (χ2n) is 6.63. The van der Waals surface area contributed by atoms with Crippen LogP contribution >= 0.6 is 0 Å². The molecule has 1 unspecified atom stereocenters. The first-order valence-corrected chi connectivity index (χ1v) is 9.17. The van der Waals surface area contributed by atoms with Crippen LogP contribution in [0.5, 0.6) is 11.5 Å². The van der Waals surface area contributed by atoms with Gasteiger partial charge in [0.25, 0.3) is 5.91 Å². The summed E-state index contributed by atoms with van der Waals surface area (Å²) in [4.78, 5) is 19.4. The van der Waals surface area contributed by atoms with Crippen LogP contribution in [0.2, 0.25) is 0 Å². The second-order valence-corrected chi connectivity index (χ2v) is 6.63. The lowest BCUT2D eigenvalue weighted by molar-refractivity contribution is -0.0247. The number of hydrogen-bond donors (Lipinski definition) is 0. The van der Waals surface area contributed by atoms with Crippen LogP contribution in [0.3, 0.4) is 0 Å². The van der Waals surface area contributed by atoms with Gasteiger partial charge >= 0.3 is 0 Å². The highest BCUT2D eigenvalue weighted by Gasteiger charge is 2.28. The van der Waals surface area contributed by atoms with Crippen molar-refractivity contribution in [2.75, 3.05) is 33.9 Å². The predicted molar refractivity (Wildman–Crippen MR) is 106 cm³/mol. The van der Waals surface area contributed by atoms with Crippen molar-refractivity contribution >= 4 is 16.7 Å². The minimum atomic E-state index is -0.258. The summed E-state index contributed by atoms with van der Waals surface area (Å²) in [5.41, 5.74) is 1.34. The molecule has 0 bridgehead atoms. The number of fused-ring (bicyclic) bond motifs is 1. The van der Waals surface area contributed by atoms with Crippen LogP contribution in [-0.4, -0.2) is 49.7 Å². The van der Waals surface area contributed by atoms with E-state index in [1.807, 2.05) is 30.5 Å². The molecular weight excluding hydrogens is 356 g/mol. The van der Waals surface area contributed by atoms with Gasteiger partial charge in [-0.15, -0.1) is 0 Å². The third kappa shape index (κ3) is 3.51. The monoisotopic (exact) mass is 378 g/mol. The molecule has 2 heterocycles. The zero-order valence-corrected chi connectivity index (χ0v) is 15.9. The Balaban J connectivity index is 1.57. The molecule has 1 atom stereocenters. The fraction of sp³-hybridized carbons (Fsp3) is 0.273. The van der Waals surface area contributed by atoms with Crippen molar-refractivity contribution in [2.45, 2.75) is 6.10 Å². The molecule has 0 spiro atoms. The number of pyridine rings is 1. The largest absolute Gasteiger partial charge is 0.497 e. The van der Waals surface area contributed by atoms with Crippen molar-refractivity contribution in [2.24, 2.45) is 0 Å². The highest BCUT2D eigenvalue weighted by atomic mass is 16.5. The van der Waals surface area contributed by atoms with Gasteiger partial charge in [-0.05, 0) is 23.6 Å². The molecule has 1 aliphatic heterocycles. The highest BCUT2D eigenvalue weighted by molar-refractivity contribution is 5.97. The molecule has 3 aromatic rings. The van der Waals surface area contributed by atoms with E-state index < -0.39 is 0 Å². The van der Waals surface area contributed by atoms with Crippen molar-refractivity contribution in [3.63, 3.8) is 0 Å². The van der Waals surface area contributed by atoms with Gasteiger partial charge in [0.2, 0.25) is 0 Å². The molecule has 28 heavy (non-hydrogen) atoms. The normalized spacial score (nSPS) is 16.8. The first kappa shape index (κ1) is 18.3. The van der Waals surface area contributed by atoms with Crippen LogP contribution in [-0.2, 0) is 4.74 Å². The van der Waals surface area contributed by atoms with Crippen LogP contribution in [0.4, 0.5) is 0 Å². The Bertz CT molecular complexity index is 1000. The summed E-state index contributed by atoms with van der Waals surface area (Å²) in [6, 6.07) is 15.3. The molecule has 0 radical (unpaired) electrons. The van der Waals surface area contributed by atoms with Gasteiger partial charge in [-0.25, -0.2) is 0 Å². The number of hydrogen-bond acceptors (Lipinski definition) is 5. The Labute approximate surface area is 163 Å². The topological polar surface area (TPSA) is 60.9 Å². The summed E-state index contributed by atoms with van der Waals surface area (Å²) in [7, 11) is 3.13. The Morgan fingerprint density at radius 2 is 1.93 bits per heavy atom. The summed E-state index contributed by atoms with van der Waals surface area (Å²) >= 11 is 0. The molecule has 0 aliphatic carbocycles. The molecule has 1 aliphatic rings. The van der Waals surface area contributed by atoms with E-state index in [4.69, 9.17) is 14.2 Å². The van der Waals surface area contributed by atoms with E-state index in [1.165, 1.54) is 0 Å². The van der Waals surface area contributed by atoms with Crippen molar-refractivity contribution in [3.05, 3.63) is 66.0 Å². The number of aromatic nitrogens is 1. The summed E-state index contributed by atoms with van der Waals surface area (Å²) in [6.45, 7) is 1.43. The lowest BCUT2D eigenvalue weighted by Gasteiger charge is -2.33. The van der Waals surface area contributed by atoms with Gasteiger partial charge in [0.15, 0.2) is 0 Å². The first-order chi connectivity index (χ1) is 13.7. The van der Waals surface area contributed by atoms with Gasteiger partial charge in [-0.2, -0.15) is 0 Å². The molecule has 6 heteroatoms. The van der Waals surface area contributed by atoms with Crippen LogP contribution < -0.4 is 9.47 Å². The highest BCUT2D eigenvalue weighted by Crippen LogP contribution is 2.29. The maximum atomic E-state index is 13.1. The SMILES string of the molecule is COc1ccc(C(=O)N2CCOC(c3cc4ccccc4cn3)C2)c(OC)c1. The number of morpholine rings is 1. The Morgan fingerprint density at radius 1 is 1.11 bits per heavy atom. The van der Waals surface area contributed by atoms with Gasteiger partial charge in [-0.1, -0.05) is 24.3 Å². The molecule has 1 amide bonds. The quantitative estimate of drug-likeness (QED) is 0.696. The number of nitrogens with zero attached hydrogens (tertiary/aromatic N) is 2. The fourth-order valence-corrected chi connectivity index (χ4v) is 3.43. The maximum Gasteiger partial charge on any atom is 0.257 e. The number of methoxy groups -OCH3 is 2. The lowest BCUT2D eigenvalue weighted by Crippen LogP contribution is -2.42. The van der Waals surface area contributed by atoms with E-state index in [2.05, 4.69) is 11.1 Å². The first-order valence-electron chi connectivity index (χ1n) is 9.17. The Morgan fingerprint density at radius 3 is 2.71 bits per heavy atom. The molecule has 6 nitrogen and oxygen atoms in total. The summed E-state index contributed by atoms with van der Waals surface area (Å²) in [5.74, 6) is 1.05. The molecule has 4 rings (SSSR count). The summed E-state index contributed by atoms with van der Waals surface area (Å²) < 4.78 is 16.5. The smallest absolute Gasteiger partial charge is 0.257 e. The average Bonchev–Trinajstić information content (AvgIpc) is 2.77. The van der Waals surface area contributed by atoms with Gasteiger partial charge in [0.05, 0.1) is 38.6 Å². The van der Waals surface area contributed by atoms with E-state index in [0.717, 1.165) is 16.5 Å². The number of ether oxygens (including phenoxy) is 3. The van der Waals surface area contributed by atoms with Crippen LogP contribution in [0.1, 0.15) is 22.2 Å². The van der Waals surface area contributed by atoms with Gasteiger partial charge in [-0.3, -0.25) is 9.78 Å². The number of amides is 1. The molecule has 1 fully saturated rings. The van der Waals surface area contributed by atoms with Crippen molar-refractivity contribution in [1.82, 2.24) is 9.88 Å². The number of benzene rings is 2. The standard InChI is InChI=1S/C22H22N2O4/c1-26-17-7-8-18(20(12-17)27-2)22(25)24-9-10-28-21(14-24)19-11-15-5-3-4-6-16(15)13-23-19/h3-8,11-13,21H,9-10,14H2,1-2H3. The number of carbonyl (C=O) groups is 1. The molecular formula is C22H22N2O4. The van der Waals surface area contributed by atoms with E-state index >= 15 is 0 Å². The molecule has 2 aromatic carbocycles. The minimum absolute atomic E-state index is 0.0893. The third-order valence-electron chi connectivity index (χ3n) is 4.97. The van der Waals surface area contributed by atoms with E-state index in [9.17, 15) is 4.79 Å². The number of rotatable bonds is 4. The molecule has 1 aromatic heterocycles. The molecule has 144 valence electrons. The van der Waals surface area contributed by atoms with E-state index in [0.29, 0.717) is 36.8 Å². The van der Waals surface area contributed by atoms with E-state index in [-0.39, 0.29) is 12.0 Å². The fourth-order valence-electron chi connectivity index (χ4n) is 3.43. The minimum Gasteiger partial charge on any atom is -0.497 e. The number of carbonyl (C=O) groups excluding carboxylic acids is 1. The zero-order valence-electron chi connectivity index (χ0n) is 15.9. The van der Waals surface area contributed by atoms with Crippen molar-refractivity contribution < 1.29 is 19.0 Å². The third-order valence-corrected chi connectivity index (χ3v) is 4.97. The lowest BCUT2D eigenvalue weighted by atomic mass is 10.1. The van der Waals surface area contributed by atoms with Gasteiger partial charge in [0, 0.05) is 24.2 Å². The van der Waals surface area contributed by atoms with Gasteiger partial charge < -0.3 is 19.1 Å². The Kier molecular flexibility index (Phi) is 5.12. The maximum absolute atomic E-state index is 13.1. The van der Waals surface area contributed by atoms with Crippen LogP contribution in [0.25, 0.3) is 10.8 Å². The zero-order chi connectivity index (χ0) is 19.5. The molecule has 0 saturated carbocycles.